The van der Waals surface area contributed by atoms with Crippen LogP contribution in [0.5, 0.6) is 0 Å². The van der Waals surface area contributed by atoms with Gasteiger partial charge in [-0.05, 0) is 0 Å². The van der Waals surface area contributed by atoms with Gasteiger partial charge in [-0.3, -0.25) is 0 Å². The molecule has 0 aliphatic carbocycles. The van der Waals surface area contributed by atoms with Crippen molar-refractivity contribution in [3.05, 3.63) is 0 Å². The zero-order valence-corrected chi connectivity index (χ0v) is 7.57. The highest BCUT2D eigenvalue weighted by atomic mass is 16.5. The molecule has 0 aliphatic rings. The first-order valence-electron chi connectivity index (χ1n) is 3.86. The van der Waals surface area contributed by atoms with E-state index in [1.807, 2.05) is 0 Å². The average Bonchev–Trinajstić information content (AvgIpc) is 2.23. The Kier molecular flexibility index (Phi) is 5.58. The number of esters is 1. The normalized spacial score (nSPS) is 19.6. The Morgan fingerprint density at radius 2 is 1.71 bits per heavy atom. The van der Waals surface area contributed by atoms with Crippen molar-refractivity contribution in [2.45, 2.75) is 24.4 Å². The van der Waals surface area contributed by atoms with Gasteiger partial charge < -0.3 is 30.3 Å². The highest BCUT2D eigenvalue weighted by Crippen LogP contribution is 2.05. The Balaban J connectivity index is 4.30. The van der Waals surface area contributed by atoms with Gasteiger partial charge in [0, 0.05) is 0 Å². The van der Waals surface area contributed by atoms with Crippen LogP contribution in [0.1, 0.15) is 0 Å². The second-order valence-electron chi connectivity index (χ2n) is 2.70. The molecule has 14 heavy (non-hydrogen) atoms. The summed E-state index contributed by atoms with van der Waals surface area (Å²) in [5.74, 6) is -1.14. The van der Waals surface area contributed by atoms with E-state index in [-0.39, 0.29) is 0 Å². The minimum absolute atomic E-state index is 0.799. The van der Waals surface area contributed by atoms with E-state index in [9.17, 15) is 4.79 Å². The molecule has 0 amide bonds. The van der Waals surface area contributed by atoms with Gasteiger partial charge in [-0.25, -0.2) is 4.79 Å². The lowest BCUT2D eigenvalue weighted by molar-refractivity contribution is -0.167. The van der Waals surface area contributed by atoms with Crippen molar-refractivity contribution in [2.75, 3.05) is 13.7 Å². The summed E-state index contributed by atoms with van der Waals surface area (Å²) in [6, 6.07) is 0. The van der Waals surface area contributed by atoms with Gasteiger partial charge in [-0.2, -0.15) is 0 Å². The lowest BCUT2D eigenvalue weighted by Crippen LogP contribution is -2.48. The molecule has 0 aliphatic heterocycles. The third kappa shape index (κ3) is 3.20. The molecule has 0 bridgehead atoms. The molecule has 5 N–H and O–H groups in total. The number of methoxy groups -OCH3 is 1. The van der Waals surface area contributed by atoms with Gasteiger partial charge in [0.25, 0.3) is 0 Å². The van der Waals surface area contributed by atoms with E-state index < -0.39 is 37.0 Å². The van der Waals surface area contributed by atoms with Crippen LogP contribution in [0.3, 0.4) is 0 Å². The summed E-state index contributed by atoms with van der Waals surface area (Å²) >= 11 is 0. The lowest BCUT2D eigenvalue weighted by Gasteiger charge is -2.23. The maximum Gasteiger partial charge on any atom is 0.337 e. The molecule has 0 saturated carbocycles. The first-order chi connectivity index (χ1) is 6.45. The van der Waals surface area contributed by atoms with Crippen molar-refractivity contribution in [2.24, 2.45) is 0 Å². The molecule has 0 heterocycles. The van der Waals surface area contributed by atoms with Crippen LogP contribution in [0, 0.1) is 0 Å². The van der Waals surface area contributed by atoms with Crippen molar-refractivity contribution in [3.8, 4) is 0 Å². The Labute approximate surface area is 80.2 Å². The number of carbonyl (C=O) groups is 1. The topological polar surface area (TPSA) is 127 Å². The Morgan fingerprint density at radius 1 is 1.21 bits per heavy atom. The van der Waals surface area contributed by atoms with Crippen molar-refractivity contribution in [3.63, 3.8) is 0 Å². The third-order valence-corrected chi connectivity index (χ3v) is 1.70. The highest BCUT2D eigenvalue weighted by molar-refractivity contribution is 5.75. The van der Waals surface area contributed by atoms with Crippen LogP contribution in [0.2, 0.25) is 0 Å². The number of aliphatic hydroxyl groups is 5. The quantitative estimate of drug-likeness (QED) is 0.299. The van der Waals surface area contributed by atoms with Crippen LogP contribution in [-0.4, -0.2) is 69.6 Å². The first-order valence-corrected chi connectivity index (χ1v) is 3.86. The number of rotatable bonds is 5. The van der Waals surface area contributed by atoms with E-state index >= 15 is 0 Å². The minimum Gasteiger partial charge on any atom is -0.467 e. The largest absolute Gasteiger partial charge is 0.467 e. The second-order valence-corrected chi connectivity index (χ2v) is 2.70. The zero-order chi connectivity index (χ0) is 11.3. The van der Waals surface area contributed by atoms with Gasteiger partial charge in [0.05, 0.1) is 13.7 Å². The maximum absolute atomic E-state index is 10.7. The zero-order valence-electron chi connectivity index (χ0n) is 7.57. The molecule has 84 valence electrons. The van der Waals surface area contributed by atoms with Crippen molar-refractivity contribution >= 4 is 5.97 Å². The van der Waals surface area contributed by atoms with Crippen molar-refractivity contribution in [1.29, 1.82) is 0 Å². The number of hydrogen-bond acceptors (Lipinski definition) is 7. The molecule has 7 heteroatoms. The van der Waals surface area contributed by atoms with Gasteiger partial charge in [0.15, 0.2) is 6.10 Å². The summed E-state index contributed by atoms with van der Waals surface area (Å²) in [5.41, 5.74) is 0. The molecule has 0 aromatic rings. The SMILES string of the molecule is COC(=O)[C@@H](O)[C@@H](O)[C@H](O)[C@@H](O)CO. The summed E-state index contributed by atoms with van der Waals surface area (Å²) in [7, 11) is 0.993. The molecular formula is C7H14O7. The fourth-order valence-corrected chi connectivity index (χ4v) is 0.783. The average molecular weight is 210 g/mol. The van der Waals surface area contributed by atoms with Crippen LogP contribution < -0.4 is 0 Å². The predicted molar refractivity (Wildman–Crippen MR) is 43.1 cm³/mol. The van der Waals surface area contributed by atoms with Gasteiger partial charge in [0.1, 0.15) is 18.3 Å². The van der Waals surface area contributed by atoms with Crippen LogP contribution in [0.25, 0.3) is 0 Å². The molecular weight excluding hydrogens is 196 g/mol. The fraction of sp³-hybridized carbons (Fsp3) is 0.857. The van der Waals surface area contributed by atoms with E-state index in [0.29, 0.717) is 0 Å². The number of carbonyl (C=O) groups excluding carboxylic acids is 1. The highest BCUT2D eigenvalue weighted by Gasteiger charge is 2.34. The summed E-state index contributed by atoms with van der Waals surface area (Å²) in [6.07, 6.45) is -7.33. The summed E-state index contributed by atoms with van der Waals surface area (Å²) < 4.78 is 4.09. The molecule has 0 unspecified atom stereocenters. The van der Waals surface area contributed by atoms with Crippen LogP contribution >= 0.6 is 0 Å². The van der Waals surface area contributed by atoms with E-state index in [1.165, 1.54) is 0 Å². The molecule has 0 saturated heterocycles. The van der Waals surface area contributed by atoms with E-state index in [0.717, 1.165) is 7.11 Å². The summed E-state index contributed by atoms with van der Waals surface area (Å²) in [6.45, 7) is -0.799. The van der Waals surface area contributed by atoms with Crippen LogP contribution in [-0.2, 0) is 9.53 Å². The molecule has 0 radical (unpaired) electrons. The monoisotopic (exact) mass is 210 g/mol. The fourth-order valence-electron chi connectivity index (χ4n) is 0.783. The second kappa shape index (κ2) is 5.89. The van der Waals surface area contributed by atoms with E-state index in [1.54, 1.807) is 0 Å². The van der Waals surface area contributed by atoms with E-state index in [2.05, 4.69) is 4.74 Å². The molecule has 4 atom stereocenters. The van der Waals surface area contributed by atoms with Gasteiger partial charge in [-0.1, -0.05) is 0 Å². The predicted octanol–water partition coefficient (Wildman–Crippen LogP) is -3.40. The molecule has 0 spiro atoms. The van der Waals surface area contributed by atoms with Crippen molar-refractivity contribution in [1.82, 2.24) is 0 Å². The summed E-state index contributed by atoms with van der Waals surface area (Å²) in [4.78, 5) is 10.7. The van der Waals surface area contributed by atoms with Crippen molar-refractivity contribution < 1.29 is 35.1 Å². The Hall–Kier alpha value is -0.730. The van der Waals surface area contributed by atoms with E-state index in [4.69, 9.17) is 25.5 Å². The smallest absolute Gasteiger partial charge is 0.337 e. The van der Waals surface area contributed by atoms with Gasteiger partial charge in [-0.15, -0.1) is 0 Å². The minimum atomic E-state index is -1.96. The Morgan fingerprint density at radius 3 is 2.07 bits per heavy atom. The van der Waals surface area contributed by atoms with Gasteiger partial charge in [0.2, 0.25) is 0 Å². The number of aliphatic hydroxyl groups excluding tert-OH is 5. The maximum atomic E-state index is 10.7. The van der Waals surface area contributed by atoms with Crippen LogP contribution in [0.4, 0.5) is 0 Å². The number of ether oxygens (including phenoxy) is 1. The standard InChI is InChI=1S/C7H14O7/c1-14-7(13)6(12)5(11)4(10)3(9)2-8/h3-6,8-12H,2H2,1H3/t3-,4+,5-,6-/m0/s1. The first kappa shape index (κ1) is 13.3. The third-order valence-electron chi connectivity index (χ3n) is 1.70. The molecule has 0 rings (SSSR count). The van der Waals surface area contributed by atoms with Gasteiger partial charge >= 0.3 is 5.97 Å². The summed E-state index contributed by atoms with van der Waals surface area (Å²) in [5, 5.41) is 44.5. The molecule has 7 nitrogen and oxygen atoms in total. The lowest BCUT2D eigenvalue weighted by atomic mass is 10.0. The van der Waals surface area contributed by atoms with Crippen LogP contribution in [0.15, 0.2) is 0 Å². The Bertz CT molecular complexity index is 183. The number of hydrogen-bond donors (Lipinski definition) is 5. The molecule has 0 aromatic heterocycles. The molecule has 0 fully saturated rings. The molecule has 0 aromatic carbocycles.